The van der Waals surface area contributed by atoms with E-state index in [2.05, 4.69) is 46.2 Å². The minimum atomic E-state index is 0.214. The van der Waals surface area contributed by atoms with Crippen molar-refractivity contribution >= 4 is 0 Å². The number of nitrogens with zero attached hydrogens (tertiary/aromatic N) is 3. The molecule has 2 aromatic heterocycles. The minimum absolute atomic E-state index is 0.214. The molecule has 0 amide bonds. The summed E-state index contributed by atoms with van der Waals surface area (Å²) in [6, 6.07) is 4.46. The van der Waals surface area contributed by atoms with Gasteiger partial charge in [-0.15, -0.1) is 0 Å². The van der Waals surface area contributed by atoms with E-state index in [1.807, 2.05) is 18.6 Å². The quantitative estimate of drug-likeness (QED) is 0.861. The first kappa shape index (κ1) is 13.6. The van der Waals surface area contributed by atoms with Crippen LogP contribution in [0.25, 0.3) is 0 Å². The summed E-state index contributed by atoms with van der Waals surface area (Å²) in [6.45, 7) is 5.15. The van der Waals surface area contributed by atoms with Gasteiger partial charge < -0.3 is 5.32 Å². The van der Waals surface area contributed by atoms with E-state index in [0.29, 0.717) is 0 Å². The normalized spacial score (nSPS) is 12.3. The molecule has 4 heteroatoms. The molecule has 2 rings (SSSR count). The van der Waals surface area contributed by atoms with Crippen LogP contribution in [0.2, 0.25) is 0 Å². The SMILES string of the molecule is CCNC(Cc1ccc(CC)cn1)c1cncnc1. The molecule has 0 aliphatic heterocycles. The Morgan fingerprint density at radius 1 is 1.11 bits per heavy atom. The molecule has 0 spiro atoms. The Labute approximate surface area is 114 Å². The van der Waals surface area contributed by atoms with Crippen LogP contribution in [0.1, 0.15) is 36.7 Å². The number of nitrogens with one attached hydrogen (secondary N) is 1. The molecule has 100 valence electrons. The van der Waals surface area contributed by atoms with Gasteiger partial charge in [-0.25, -0.2) is 9.97 Å². The molecule has 2 heterocycles. The van der Waals surface area contributed by atoms with Crippen LogP contribution in [0.3, 0.4) is 0 Å². The fourth-order valence-electron chi connectivity index (χ4n) is 2.04. The molecular weight excluding hydrogens is 236 g/mol. The van der Waals surface area contributed by atoms with Crippen molar-refractivity contribution in [2.24, 2.45) is 0 Å². The molecule has 19 heavy (non-hydrogen) atoms. The van der Waals surface area contributed by atoms with Gasteiger partial charge in [-0.1, -0.05) is 19.9 Å². The Bertz CT molecular complexity index is 481. The highest BCUT2D eigenvalue weighted by Crippen LogP contribution is 2.16. The third-order valence-corrected chi connectivity index (χ3v) is 3.14. The molecule has 0 aliphatic rings. The van der Waals surface area contributed by atoms with Crippen molar-refractivity contribution < 1.29 is 0 Å². The lowest BCUT2D eigenvalue weighted by molar-refractivity contribution is 0.540. The van der Waals surface area contributed by atoms with Crippen LogP contribution < -0.4 is 5.32 Å². The van der Waals surface area contributed by atoms with Crippen molar-refractivity contribution in [3.05, 3.63) is 53.9 Å². The van der Waals surface area contributed by atoms with Crippen molar-refractivity contribution in [1.82, 2.24) is 20.3 Å². The molecule has 1 N–H and O–H groups in total. The summed E-state index contributed by atoms with van der Waals surface area (Å²) in [4.78, 5) is 12.7. The van der Waals surface area contributed by atoms with Gasteiger partial charge in [0.1, 0.15) is 6.33 Å². The average molecular weight is 256 g/mol. The molecule has 0 aliphatic carbocycles. The zero-order chi connectivity index (χ0) is 13.5. The Morgan fingerprint density at radius 3 is 2.47 bits per heavy atom. The summed E-state index contributed by atoms with van der Waals surface area (Å²) in [6.07, 6.45) is 9.11. The standard InChI is InChI=1S/C15H20N4/c1-3-12-5-6-14(19-8-12)7-15(18-4-2)13-9-16-11-17-10-13/h5-6,8-11,15,18H,3-4,7H2,1-2H3. The van der Waals surface area contributed by atoms with Crippen LogP contribution in [0.15, 0.2) is 37.1 Å². The molecule has 1 unspecified atom stereocenters. The third kappa shape index (κ3) is 3.83. The molecule has 1 atom stereocenters. The summed E-state index contributed by atoms with van der Waals surface area (Å²) < 4.78 is 0. The van der Waals surface area contributed by atoms with Crippen LogP contribution in [0, 0.1) is 0 Å². The average Bonchev–Trinajstić information content (AvgIpc) is 2.48. The summed E-state index contributed by atoms with van der Waals surface area (Å²) in [7, 11) is 0. The van der Waals surface area contributed by atoms with Gasteiger partial charge in [-0.2, -0.15) is 0 Å². The lowest BCUT2D eigenvalue weighted by atomic mass is 10.0. The molecule has 0 saturated carbocycles. The molecule has 0 radical (unpaired) electrons. The predicted octanol–water partition coefficient (Wildman–Crippen LogP) is 2.33. The number of hydrogen-bond donors (Lipinski definition) is 1. The van der Waals surface area contributed by atoms with Crippen LogP contribution in [-0.4, -0.2) is 21.5 Å². The van der Waals surface area contributed by atoms with Crippen LogP contribution >= 0.6 is 0 Å². The van der Waals surface area contributed by atoms with Crippen molar-refractivity contribution in [3.63, 3.8) is 0 Å². The number of pyridine rings is 1. The topological polar surface area (TPSA) is 50.7 Å². The number of aromatic nitrogens is 3. The summed E-state index contributed by atoms with van der Waals surface area (Å²) in [5, 5.41) is 3.46. The van der Waals surface area contributed by atoms with Gasteiger partial charge in [0.15, 0.2) is 0 Å². The molecular formula is C15H20N4. The largest absolute Gasteiger partial charge is 0.310 e. The third-order valence-electron chi connectivity index (χ3n) is 3.14. The minimum Gasteiger partial charge on any atom is -0.310 e. The van der Waals surface area contributed by atoms with Gasteiger partial charge in [0.2, 0.25) is 0 Å². The Balaban J connectivity index is 2.11. The molecule has 0 saturated heterocycles. The lowest BCUT2D eigenvalue weighted by Gasteiger charge is -2.17. The van der Waals surface area contributed by atoms with Crippen molar-refractivity contribution in [1.29, 1.82) is 0 Å². The Morgan fingerprint density at radius 2 is 1.89 bits per heavy atom. The van der Waals surface area contributed by atoms with Crippen molar-refractivity contribution in [3.8, 4) is 0 Å². The van der Waals surface area contributed by atoms with E-state index in [9.17, 15) is 0 Å². The van der Waals surface area contributed by atoms with Gasteiger partial charge in [-0.3, -0.25) is 4.98 Å². The van der Waals surface area contributed by atoms with Gasteiger partial charge >= 0.3 is 0 Å². The zero-order valence-electron chi connectivity index (χ0n) is 11.5. The molecule has 2 aromatic rings. The highest BCUT2D eigenvalue weighted by molar-refractivity contribution is 5.18. The van der Waals surface area contributed by atoms with E-state index in [4.69, 9.17) is 0 Å². The van der Waals surface area contributed by atoms with E-state index in [0.717, 1.165) is 30.6 Å². The summed E-state index contributed by atoms with van der Waals surface area (Å²) in [5.74, 6) is 0. The second-order valence-corrected chi connectivity index (χ2v) is 4.50. The maximum Gasteiger partial charge on any atom is 0.115 e. The first-order chi connectivity index (χ1) is 9.33. The van der Waals surface area contributed by atoms with Crippen LogP contribution in [0.5, 0.6) is 0 Å². The highest BCUT2D eigenvalue weighted by atomic mass is 14.9. The Hall–Kier alpha value is -1.81. The van der Waals surface area contributed by atoms with E-state index < -0.39 is 0 Å². The smallest absolute Gasteiger partial charge is 0.115 e. The van der Waals surface area contributed by atoms with Crippen LogP contribution in [-0.2, 0) is 12.8 Å². The van der Waals surface area contributed by atoms with Gasteiger partial charge in [-0.05, 0) is 24.6 Å². The fourth-order valence-corrected chi connectivity index (χ4v) is 2.04. The first-order valence-electron chi connectivity index (χ1n) is 6.75. The Kier molecular flexibility index (Phi) is 4.98. The van der Waals surface area contributed by atoms with E-state index in [1.54, 1.807) is 6.33 Å². The van der Waals surface area contributed by atoms with Gasteiger partial charge in [0.25, 0.3) is 0 Å². The van der Waals surface area contributed by atoms with E-state index in [1.165, 1.54) is 5.56 Å². The van der Waals surface area contributed by atoms with Crippen molar-refractivity contribution in [2.45, 2.75) is 32.7 Å². The number of aryl methyl sites for hydroxylation is 1. The summed E-state index contributed by atoms with van der Waals surface area (Å²) in [5.41, 5.74) is 3.46. The van der Waals surface area contributed by atoms with E-state index in [-0.39, 0.29) is 6.04 Å². The van der Waals surface area contributed by atoms with Crippen molar-refractivity contribution in [2.75, 3.05) is 6.54 Å². The zero-order valence-corrected chi connectivity index (χ0v) is 11.5. The second-order valence-electron chi connectivity index (χ2n) is 4.50. The first-order valence-corrected chi connectivity index (χ1v) is 6.75. The fraction of sp³-hybridized carbons (Fsp3) is 0.400. The number of likely N-dealkylation sites (N-methyl/N-ethyl adjacent to an activating group) is 1. The maximum absolute atomic E-state index is 4.52. The molecule has 0 aromatic carbocycles. The molecule has 0 bridgehead atoms. The van der Waals surface area contributed by atoms with Crippen LogP contribution in [0.4, 0.5) is 0 Å². The lowest BCUT2D eigenvalue weighted by Crippen LogP contribution is -2.23. The second kappa shape index (κ2) is 6.95. The number of rotatable bonds is 6. The monoisotopic (exact) mass is 256 g/mol. The highest BCUT2D eigenvalue weighted by Gasteiger charge is 2.12. The maximum atomic E-state index is 4.52. The van der Waals surface area contributed by atoms with Gasteiger partial charge in [0, 0.05) is 42.3 Å². The predicted molar refractivity (Wildman–Crippen MR) is 75.8 cm³/mol. The summed E-state index contributed by atoms with van der Waals surface area (Å²) >= 11 is 0. The van der Waals surface area contributed by atoms with Gasteiger partial charge in [0.05, 0.1) is 0 Å². The molecule has 4 nitrogen and oxygen atoms in total. The van der Waals surface area contributed by atoms with E-state index >= 15 is 0 Å². The number of hydrogen-bond acceptors (Lipinski definition) is 4. The molecule has 0 fully saturated rings.